The second-order valence-electron chi connectivity index (χ2n) is 4.41. The quantitative estimate of drug-likeness (QED) is 0.736. The monoisotopic (exact) mass is 288 g/mol. The highest BCUT2D eigenvalue weighted by molar-refractivity contribution is 5.97. The highest BCUT2D eigenvalue weighted by Gasteiger charge is 2.16. The van der Waals surface area contributed by atoms with Gasteiger partial charge in [-0.3, -0.25) is 0 Å². The van der Waals surface area contributed by atoms with Crippen LogP contribution in [0.15, 0.2) is 36.4 Å². The Bertz CT molecular complexity index is 804. The average Bonchev–Trinajstić information content (AvgIpc) is 2.89. The molecule has 106 valence electrons. The van der Waals surface area contributed by atoms with Crippen molar-refractivity contribution in [2.24, 2.45) is 0 Å². The Labute approximate surface area is 118 Å². The minimum Gasteiger partial charge on any atom is -0.465 e. The number of imidazole rings is 1. The molecular formula is C15H10F2N2O2. The summed E-state index contributed by atoms with van der Waals surface area (Å²) in [5.41, 5.74) is 1.45. The van der Waals surface area contributed by atoms with Gasteiger partial charge in [0.05, 0.1) is 23.7 Å². The van der Waals surface area contributed by atoms with Crippen LogP contribution in [0.5, 0.6) is 0 Å². The zero-order valence-electron chi connectivity index (χ0n) is 11.0. The second kappa shape index (κ2) is 4.97. The number of ether oxygens (including phenoxy) is 1. The first kappa shape index (κ1) is 13.2. The van der Waals surface area contributed by atoms with Gasteiger partial charge < -0.3 is 9.72 Å². The minimum atomic E-state index is -0.971. The van der Waals surface area contributed by atoms with Gasteiger partial charge >= 0.3 is 5.97 Å². The third kappa shape index (κ3) is 2.24. The fourth-order valence-electron chi connectivity index (χ4n) is 2.11. The lowest BCUT2D eigenvalue weighted by atomic mass is 10.1. The molecule has 0 fully saturated rings. The van der Waals surface area contributed by atoms with Gasteiger partial charge in [-0.15, -0.1) is 0 Å². The lowest BCUT2D eigenvalue weighted by Crippen LogP contribution is -2.03. The molecule has 0 aliphatic heterocycles. The minimum absolute atomic E-state index is 0.281. The van der Waals surface area contributed by atoms with Gasteiger partial charge in [0.25, 0.3) is 0 Å². The Kier molecular flexibility index (Phi) is 3.13. The molecule has 1 N–H and O–H groups in total. The smallest absolute Gasteiger partial charge is 0.338 e. The first-order chi connectivity index (χ1) is 10.1. The van der Waals surface area contributed by atoms with Crippen molar-refractivity contribution < 1.29 is 18.3 Å². The fourth-order valence-corrected chi connectivity index (χ4v) is 2.11. The van der Waals surface area contributed by atoms with E-state index in [4.69, 9.17) is 4.74 Å². The van der Waals surface area contributed by atoms with Crippen molar-refractivity contribution >= 4 is 17.0 Å². The van der Waals surface area contributed by atoms with Crippen molar-refractivity contribution in [1.29, 1.82) is 0 Å². The summed E-state index contributed by atoms with van der Waals surface area (Å²) >= 11 is 0. The number of aromatic amines is 1. The summed E-state index contributed by atoms with van der Waals surface area (Å²) in [5.74, 6) is -2.10. The number of esters is 1. The summed E-state index contributed by atoms with van der Waals surface area (Å²) in [4.78, 5) is 18.8. The number of benzene rings is 2. The number of rotatable bonds is 2. The van der Waals surface area contributed by atoms with E-state index in [0.29, 0.717) is 22.5 Å². The number of hydrogen-bond donors (Lipinski definition) is 1. The fraction of sp³-hybridized carbons (Fsp3) is 0.0667. The predicted octanol–water partition coefficient (Wildman–Crippen LogP) is 3.29. The van der Waals surface area contributed by atoms with Crippen LogP contribution in [0.4, 0.5) is 8.78 Å². The van der Waals surface area contributed by atoms with Crippen molar-refractivity contribution in [1.82, 2.24) is 9.97 Å². The second-order valence-corrected chi connectivity index (χ2v) is 4.41. The molecule has 6 heteroatoms. The summed E-state index contributed by atoms with van der Waals surface area (Å²) in [6.45, 7) is 0. The third-order valence-electron chi connectivity index (χ3n) is 3.11. The Hall–Kier alpha value is -2.76. The number of fused-ring (bicyclic) bond motifs is 1. The number of hydrogen-bond acceptors (Lipinski definition) is 3. The van der Waals surface area contributed by atoms with Gasteiger partial charge in [-0.2, -0.15) is 0 Å². The van der Waals surface area contributed by atoms with E-state index in [2.05, 4.69) is 9.97 Å². The number of aromatic nitrogens is 2. The largest absolute Gasteiger partial charge is 0.465 e. The molecule has 21 heavy (non-hydrogen) atoms. The van der Waals surface area contributed by atoms with Crippen LogP contribution in [0.25, 0.3) is 22.4 Å². The molecule has 0 aliphatic rings. The maximum absolute atomic E-state index is 13.2. The van der Waals surface area contributed by atoms with Gasteiger partial charge in [0.1, 0.15) is 5.82 Å². The van der Waals surface area contributed by atoms with E-state index in [1.165, 1.54) is 7.11 Å². The molecule has 0 aliphatic carbocycles. The molecule has 1 aromatic heterocycles. The van der Waals surface area contributed by atoms with Crippen LogP contribution in [0.3, 0.4) is 0 Å². The van der Waals surface area contributed by atoms with Gasteiger partial charge in [-0.05, 0) is 6.07 Å². The maximum atomic E-state index is 13.2. The number of halogens is 2. The molecule has 0 unspecified atom stereocenters. The zero-order valence-corrected chi connectivity index (χ0v) is 11.0. The molecule has 0 saturated heterocycles. The van der Waals surface area contributed by atoms with Crippen molar-refractivity contribution in [3.63, 3.8) is 0 Å². The first-order valence-corrected chi connectivity index (χ1v) is 6.12. The molecule has 3 rings (SSSR count). The topological polar surface area (TPSA) is 55.0 Å². The van der Waals surface area contributed by atoms with Crippen molar-refractivity contribution in [3.8, 4) is 11.4 Å². The molecule has 0 bridgehead atoms. The van der Waals surface area contributed by atoms with E-state index >= 15 is 0 Å². The van der Waals surface area contributed by atoms with Crippen molar-refractivity contribution in [2.45, 2.75) is 0 Å². The Morgan fingerprint density at radius 1 is 1.19 bits per heavy atom. The van der Waals surface area contributed by atoms with Crippen LogP contribution in [-0.2, 0) is 4.74 Å². The number of carbonyl (C=O) groups is 1. The number of H-pyrrole nitrogens is 1. The zero-order chi connectivity index (χ0) is 15.0. The predicted molar refractivity (Wildman–Crippen MR) is 72.8 cm³/mol. The number of nitrogens with one attached hydrogen (secondary N) is 1. The lowest BCUT2D eigenvalue weighted by molar-refractivity contribution is 0.0601. The lowest BCUT2D eigenvalue weighted by Gasteiger charge is -2.04. The molecule has 4 nitrogen and oxygen atoms in total. The molecule has 0 amide bonds. The molecule has 1 heterocycles. The van der Waals surface area contributed by atoms with Crippen LogP contribution < -0.4 is 0 Å². The third-order valence-corrected chi connectivity index (χ3v) is 3.11. The van der Waals surface area contributed by atoms with Crippen LogP contribution in [0.2, 0.25) is 0 Å². The summed E-state index contributed by atoms with van der Waals surface area (Å²) in [6.07, 6.45) is 0. The number of nitrogens with zero attached hydrogens (tertiary/aromatic N) is 1. The average molecular weight is 288 g/mol. The van der Waals surface area contributed by atoms with E-state index in [1.54, 1.807) is 24.3 Å². The molecular weight excluding hydrogens is 278 g/mol. The number of methoxy groups -OCH3 is 1. The van der Waals surface area contributed by atoms with Crippen molar-refractivity contribution in [3.05, 3.63) is 53.6 Å². The van der Waals surface area contributed by atoms with E-state index < -0.39 is 17.6 Å². The van der Waals surface area contributed by atoms with Gasteiger partial charge in [-0.25, -0.2) is 18.6 Å². The Balaban J connectivity index is 2.19. The standard InChI is InChI=1S/C15H10F2N2O2/c1-21-15(20)9-5-3-2-4-8(9)14-18-12-6-10(16)11(17)7-13(12)19-14/h2-7H,1H3,(H,18,19). The summed E-state index contributed by atoms with van der Waals surface area (Å²) in [5, 5.41) is 0. The summed E-state index contributed by atoms with van der Waals surface area (Å²) in [7, 11) is 1.28. The molecule has 3 aromatic rings. The van der Waals surface area contributed by atoms with Gasteiger partial charge in [0.15, 0.2) is 11.6 Å². The summed E-state index contributed by atoms with van der Waals surface area (Å²) in [6, 6.07) is 8.73. The molecule has 0 radical (unpaired) electrons. The van der Waals surface area contributed by atoms with E-state index in [1.807, 2.05) is 0 Å². The van der Waals surface area contributed by atoms with E-state index in [-0.39, 0.29) is 5.52 Å². The molecule has 0 saturated carbocycles. The van der Waals surface area contributed by atoms with Gasteiger partial charge in [-0.1, -0.05) is 18.2 Å². The first-order valence-electron chi connectivity index (χ1n) is 6.12. The van der Waals surface area contributed by atoms with Gasteiger partial charge in [0, 0.05) is 17.7 Å². The Morgan fingerprint density at radius 2 is 1.90 bits per heavy atom. The molecule has 0 spiro atoms. The van der Waals surface area contributed by atoms with Gasteiger partial charge in [0.2, 0.25) is 0 Å². The van der Waals surface area contributed by atoms with Crippen molar-refractivity contribution in [2.75, 3.05) is 7.11 Å². The van der Waals surface area contributed by atoms with Crippen LogP contribution in [0.1, 0.15) is 10.4 Å². The normalized spacial score (nSPS) is 10.8. The van der Waals surface area contributed by atoms with Crippen LogP contribution in [0, 0.1) is 11.6 Å². The van der Waals surface area contributed by atoms with Crippen LogP contribution in [-0.4, -0.2) is 23.0 Å². The Morgan fingerprint density at radius 3 is 2.67 bits per heavy atom. The maximum Gasteiger partial charge on any atom is 0.338 e. The summed E-state index contributed by atoms with van der Waals surface area (Å²) < 4.78 is 31.2. The highest BCUT2D eigenvalue weighted by Crippen LogP contribution is 2.25. The molecule has 0 atom stereocenters. The SMILES string of the molecule is COC(=O)c1ccccc1-c1nc2cc(F)c(F)cc2[nH]1. The van der Waals surface area contributed by atoms with E-state index in [9.17, 15) is 13.6 Å². The molecule has 2 aromatic carbocycles. The van der Waals surface area contributed by atoms with Crippen LogP contribution >= 0.6 is 0 Å². The highest BCUT2D eigenvalue weighted by atomic mass is 19.2. The van der Waals surface area contributed by atoms with E-state index in [0.717, 1.165) is 12.1 Å². The number of carbonyl (C=O) groups excluding carboxylic acids is 1.